The summed E-state index contributed by atoms with van der Waals surface area (Å²) in [6, 6.07) is 17.7. The molecule has 0 radical (unpaired) electrons. The average Bonchev–Trinajstić information content (AvgIpc) is 3.19. The fraction of sp³-hybridized carbons (Fsp3) is 0.222. The molecule has 0 spiro atoms. The minimum atomic E-state index is 0.245. The second kappa shape index (κ2) is 6.46. The van der Waals surface area contributed by atoms with Crippen molar-refractivity contribution in [2.45, 2.75) is 25.8 Å². The van der Waals surface area contributed by atoms with E-state index < -0.39 is 0 Å². The molecular weight excluding hydrogens is 294 g/mol. The molecular formula is C18H19NS2. The van der Waals surface area contributed by atoms with Gasteiger partial charge >= 0.3 is 0 Å². The Balaban J connectivity index is 1.85. The molecule has 0 aliphatic rings. The highest BCUT2D eigenvalue weighted by atomic mass is 32.1. The first-order chi connectivity index (χ1) is 10.2. The van der Waals surface area contributed by atoms with Crippen LogP contribution in [0.15, 0.2) is 59.3 Å². The molecule has 1 aromatic carbocycles. The monoisotopic (exact) mass is 313 g/mol. The highest BCUT2D eigenvalue weighted by Gasteiger charge is 2.16. The zero-order chi connectivity index (χ0) is 14.7. The van der Waals surface area contributed by atoms with Gasteiger partial charge in [0.05, 0.1) is 6.04 Å². The summed E-state index contributed by atoms with van der Waals surface area (Å²) in [7, 11) is 0. The first kappa shape index (κ1) is 14.4. The molecule has 1 N–H and O–H groups in total. The molecule has 3 aromatic rings. The SMILES string of the molecule is CC(C)c1ccc(NC(c2cccs2)c2cccs2)cc1. The van der Waals surface area contributed by atoms with Crippen molar-refractivity contribution in [2.24, 2.45) is 0 Å². The molecule has 108 valence electrons. The van der Waals surface area contributed by atoms with Crippen LogP contribution in [0.4, 0.5) is 5.69 Å². The van der Waals surface area contributed by atoms with Gasteiger partial charge in [-0.15, -0.1) is 22.7 Å². The number of hydrogen-bond acceptors (Lipinski definition) is 3. The first-order valence-corrected chi connectivity index (χ1v) is 8.93. The maximum absolute atomic E-state index is 3.67. The van der Waals surface area contributed by atoms with E-state index in [4.69, 9.17) is 0 Å². The van der Waals surface area contributed by atoms with Gasteiger partial charge in [-0.05, 0) is 46.5 Å². The first-order valence-electron chi connectivity index (χ1n) is 7.17. The topological polar surface area (TPSA) is 12.0 Å². The van der Waals surface area contributed by atoms with Crippen LogP contribution in [0.3, 0.4) is 0 Å². The number of nitrogens with one attached hydrogen (secondary N) is 1. The van der Waals surface area contributed by atoms with Gasteiger partial charge in [0.15, 0.2) is 0 Å². The molecule has 0 aliphatic carbocycles. The second-order valence-electron chi connectivity index (χ2n) is 5.38. The van der Waals surface area contributed by atoms with Gasteiger partial charge in [0.2, 0.25) is 0 Å². The molecule has 0 fully saturated rings. The maximum atomic E-state index is 3.67. The van der Waals surface area contributed by atoms with Gasteiger partial charge in [-0.1, -0.05) is 38.1 Å². The molecule has 3 rings (SSSR count). The van der Waals surface area contributed by atoms with Gasteiger partial charge in [-0.2, -0.15) is 0 Å². The number of rotatable bonds is 5. The highest BCUT2D eigenvalue weighted by Crippen LogP contribution is 2.32. The van der Waals surface area contributed by atoms with Crippen LogP contribution in [-0.2, 0) is 0 Å². The van der Waals surface area contributed by atoms with Crippen molar-refractivity contribution in [1.29, 1.82) is 0 Å². The van der Waals surface area contributed by atoms with Crippen LogP contribution in [0, 0.1) is 0 Å². The van der Waals surface area contributed by atoms with Crippen molar-refractivity contribution in [2.75, 3.05) is 5.32 Å². The van der Waals surface area contributed by atoms with Gasteiger partial charge < -0.3 is 5.32 Å². The molecule has 0 atom stereocenters. The van der Waals surface area contributed by atoms with Crippen LogP contribution in [0.25, 0.3) is 0 Å². The summed E-state index contributed by atoms with van der Waals surface area (Å²) in [6.45, 7) is 4.45. The summed E-state index contributed by atoms with van der Waals surface area (Å²) in [5.41, 5.74) is 2.55. The standard InChI is InChI=1S/C18H19NS2/c1-13(2)14-7-9-15(10-8-14)19-18(16-5-3-11-20-16)17-6-4-12-21-17/h3-13,18-19H,1-2H3. The minimum absolute atomic E-state index is 0.245. The normalized spacial score (nSPS) is 11.2. The predicted octanol–water partition coefficient (Wildman–Crippen LogP) is 6.13. The van der Waals surface area contributed by atoms with E-state index in [0.29, 0.717) is 5.92 Å². The minimum Gasteiger partial charge on any atom is -0.373 e. The van der Waals surface area contributed by atoms with E-state index in [9.17, 15) is 0 Å². The largest absolute Gasteiger partial charge is 0.373 e. The zero-order valence-electron chi connectivity index (χ0n) is 12.2. The third-order valence-electron chi connectivity index (χ3n) is 3.54. The Hall–Kier alpha value is -1.58. The number of anilines is 1. The van der Waals surface area contributed by atoms with Crippen LogP contribution in [-0.4, -0.2) is 0 Å². The lowest BCUT2D eigenvalue weighted by Gasteiger charge is -2.18. The summed E-state index contributed by atoms with van der Waals surface area (Å²) < 4.78 is 0. The van der Waals surface area contributed by atoms with Crippen LogP contribution in [0.2, 0.25) is 0 Å². The summed E-state index contributed by atoms with van der Waals surface area (Å²) >= 11 is 3.60. The Morgan fingerprint density at radius 1 is 0.810 bits per heavy atom. The molecule has 0 saturated heterocycles. The van der Waals surface area contributed by atoms with E-state index in [1.54, 1.807) is 22.7 Å². The number of benzene rings is 1. The van der Waals surface area contributed by atoms with Crippen molar-refractivity contribution in [3.63, 3.8) is 0 Å². The van der Waals surface area contributed by atoms with Crippen LogP contribution < -0.4 is 5.32 Å². The van der Waals surface area contributed by atoms with Crippen LogP contribution in [0.5, 0.6) is 0 Å². The smallest absolute Gasteiger partial charge is 0.0953 e. The maximum Gasteiger partial charge on any atom is 0.0953 e. The highest BCUT2D eigenvalue weighted by molar-refractivity contribution is 7.11. The summed E-state index contributed by atoms with van der Waals surface area (Å²) in [4.78, 5) is 2.70. The van der Waals surface area contributed by atoms with E-state index in [1.807, 2.05) is 0 Å². The van der Waals surface area contributed by atoms with Gasteiger partial charge in [0.25, 0.3) is 0 Å². The Labute approximate surface area is 134 Å². The predicted molar refractivity (Wildman–Crippen MR) is 94.6 cm³/mol. The molecule has 0 saturated carbocycles. The fourth-order valence-electron chi connectivity index (χ4n) is 2.32. The summed E-state index contributed by atoms with van der Waals surface area (Å²) in [6.07, 6.45) is 0. The summed E-state index contributed by atoms with van der Waals surface area (Å²) in [5, 5.41) is 7.95. The van der Waals surface area contributed by atoms with Crippen molar-refractivity contribution in [3.05, 3.63) is 74.6 Å². The quantitative estimate of drug-likeness (QED) is 0.597. The van der Waals surface area contributed by atoms with E-state index in [1.165, 1.54) is 21.0 Å². The molecule has 1 nitrogen and oxygen atoms in total. The molecule has 0 unspecified atom stereocenters. The Kier molecular flexibility index (Phi) is 4.42. The van der Waals surface area contributed by atoms with Crippen molar-refractivity contribution in [1.82, 2.24) is 0 Å². The Morgan fingerprint density at radius 3 is 1.81 bits per heavy atom. The Bertz CT molecular complexity index is 618. The van der Waals surface area contributed by atoms with E-state index in [0.717, 1.165) is 0 Å². The van der Waals surface area contributed by atoms with Crippen molar-refractivity contribution >= 4 is 28.4 Å². The van der Waals surface area contributed by atoms with Gasteiger partial charge in [0, 0.05) is 15.4 Å². The molecule has 0 aliphatic heterocycles. The summed E-state index contributed by atoms with van der Waals surface area (Å²) in [5.74, 6) is 0.574. The second-order valence-corrected chi connectivity index (χ2v) is 7.34. The molecule has 21 heavy (non-hydrogen) atoms. The van der Waals surface area contributed by atoms with Gasteiger partial charge in [-0.25, -0.2) is 0 Å². The van der Waals surface area contributed by atoms with Crippen molar-refractivity contribution < 1.29 is 0 Å². The van der Waals surface area contributed by atoms with Gasteiger partial charge in [0.1, 0.15) is 0 Å². The van der Waals surface area contributed by atoms with Crippen molar-refractivity contribution in [3.8, 4) is 0 Å². The molecule has 0 amide bonds. The lowest BCUT2D eigenvalue weighted by atomic mass is 10.0. The van der Waals surface area contributed by atoms with Gasteiger partial charge in [-0.3, -0.25) is 0 Å². The fourth-order valence-corrected chi connectivity index (χ4v) is 3.99. The Morgan fingerprint density at radius 2 is 1.38 bits per heavy atom. The molecule has 2 heterocycles. The number of thiophene rings is 2. The lowest BCUT2D eigenvalue weighted by Crippen LogP contribution is -2.09. The molecule has 2 aromatic heterocycles. The third-order valence-corrected chi connectivity index (χ3v) is 5.42. The van der Waals surface area contributed by atoms with E-state index in [-0.39, 0.29) is 6.04 Å². The average molecular weight is 313 g/mol. The van der Waals surface area contributed by atoms with E-state index >= 15 is 0 Å². The van der Waals surface area contributed by atoms with Crippen LogP contribution in [0.1, 0.15) is 41.1 Å². The molecule has 0 bridgehead atoms. The lowest BCUT2D eigenvalue weighted by molar-refractivity contribution is 0.866. The van der Waals surface area contributed by atoms with E-state index in [2.05, 4.69) is 78.5 Å². The number of hydrogen-bond donors (Lipinski definition) is 1. The molecule has 3 heteroatoms. The zero-order valence-corrected chi connectivity index (χ0v) is 13.9. The van der Waals surface area contributed by atoms with Crippen LogP contribution >= 0.6 is 22.7 Å². The third kappa shape index (κ3) is 3.36.